The topological polar surface area (TPSA) is 27.1 Å². The molecule has 1 radical (unpaired) electrons. The minimum absolute atomic E-state index is 0.302. The van der Waals surface area contributed by atoms with E-state index >= 15 is 0 Å². The molecule has 0 saturated heterocycles. The van der Waals surface area contributed by atoms with Crippen molar-refractivity contribution in [1.29, 1.82) is 0 Å². The van der Waals surface area contributed by atoms with Gasteiger partial charge in [-0.25, -0.2) is 4.68 Å². The predicted octanol–water partition coefficient (Wildman–Crippen LogP) is 2.14. The average Bonchev–Trinajstić information content (AvgIpc) is 2.27. The molecular weight excluding hydrogens is 230 g/mol. The molecule has 0 atom stereocenters. The van der Waals surface area contributed by atoms with Crippen molar-refractivity contribution in [1.82, 2.24) is 9.78 Å². The number of halogens is 6. The van der Waals surface area contributed by atoms with E-state index in [2.05, 4.69) is 9.84 Å². The van der Waals surface area contributed by atoms with Crippen molar-refractivity contribution in [3.8, 4) is 5.88 Å². The van der Waals surface area contributed by atoms with Gasteiger partial charge < -0.3 is 4.74 Å². The van der Waals surface area contributed by atoms with E-state index in [1.165, 1.54) is 6.07 Å². The van der Waals surface area contributed by atoms with Crippen LogP contribution in [0.15, 0.2) is 0 Å². The Labute approximate surface area is 79.2 Å². The second kappa shape index (κ2) is 3.31. The molecule has 1 rings (SSSR count). The Balaban J connectivity index is 2.97. The smallest absolute Gasteiger partial charge is 0.387 e. The molecule has 3 nitrogen and oxygen atoms in total. The second-order valence-corrected chi connectivity index (χ2v) is 2.45. The van der Waals surface area contributed by atoms with Gasteiger partial charge in [-0.3, -0.25) is 0 Å². The number of ether oxygens (including phenoxy) is 1. The van der Waals surface area contributed by atoms with Crippen LogP contribution in [0.4, 0.5) is 26.3 Å². The van der Waals surface area contributed by atoms with Crippen molar-refractivity contribution >= 4 is 0 Å². The first-order chi connectivity index (χ1) is 6.59. The van der Waals surface area contributed by atoms with Gasteiger partial charge >= 0.3 is 12.5 Å². The summed E-state index contributed by atoms with van der Waals surface area (Å²) in [6.45, 7) is 0. The van der Waals surface area contributed by atoms with Crippen molar-refractivity contribution in [2.75, 3.05) is 0 Å². The Morgan fingerprint density at radius 2 is 1.73 bits per heavy atom. The summed E-state index contributed by atoms with van der Waals surface area (Å²) in [4.78, 5) is 0. The molecule has 0 amide bonds. The first kappa shape index (κ1) is 11.7. The van der Waals surface area contributed by atoms with Crippen LogP contribution in [0.1, 0.15) is 5.69 Å². The van der Waals surface area contributed by atoms with Gasteiger partial charge in [0.1, 0.15) is 0 Å². The van der Waals surface area contributed by atoms with Crippen LogP contribution in [-0.4, -0.2) is 16.1 Å². The van der Waals surface area contributed by atoms with Gasteiger partial charge in [0.2, 0.25) is 5.88 Å². The molecule has 0 saturated carbocycles. The molecule has 0 aromatic carbocycles. The summed E-state index contributed by atoms with van der Waals surface area (Å²) in [5, 5.41) is 2.78. The predicted molar refractivity (Wildman–Crippen MR) is 33.7 cm³/mol. The molecule has 9 heteroatoms. The number of aromatic nitrogens is 2. The van der Waals surface area contributed by atoms with E-state index in [9.17, 15) is 26.3 Å². The Bertz CT molecular complexity index is 351. The van der Waals surface area contributed by atoms with Crippen LogP contribution in [0.25, 0.3) is 0 Å². The molecule has 0 bridgehead atoms. The number of rotatable bonds is 1. The van der Waals surface area contributed by atoms with Gasteiger partial charge in [-0.15, -0.1) is 13.2 Å². The normalized spacial score (nSPS) is 13.0. The summed E-state index contributed by atoms with van der Waals surface area (Å²) in [6.07, 6.45) is -9.93. The van der Waals surface area contributed by atoms with Crippen LogP contribution in [-0.2, 0) is 13.2 Å². The summed E-state index contributed by atoms with van der Waals surface area (Å²) in [5.74, 6) is -1.14. The first-order valence-electron chi connectivity index (χ1n) is 3.39. The zero-order valence-electron chi connectivity index (χ0n) is 7.07. The second-order valence-electron chi connectivity index (χ2n) is 2.45. The molecule has 0 spiro atoms. The van der Waals surface area contributed by atoms with Crippen molar-refractivity contribution in [2.24, 2.45) is 7.05 Å². The van der Waals surface area contributed by atoms with Crippen molar-refractivity contribution < 1.29 is 31.1 Å². The number of nitrogens with zero attached hydrogens (tertiary/aromatic N) is 2. The molecule has 0 aliphatic heterocycles. The fourth-order valence-electron chi connectivity index (χ4n) is 0.731. The quantitative estimate of drug-likeness (QED) is 0.695. The SMILES string of the molecule is Cn1nc(C(F)(F)F)[c]c1OC(F)(F)F. The highest BCUT2D eigenvalue weighted by atomic mass is 19.4. The number of aryl methyl sites for hydroxylation is 1. The van der Waals surface area contributed by atoms with E-state index < -0.39 is 24.1 Å². The zero-order chi connectivity index (χ0) is 11.9. The van der Waals surface area contributed by atoms with Gasteiger partial charge in [0, 0.05) is 7.05 Å². The summed E-state index contributed by atoms with van der Waals surface area (Å²) < 4.78 is 74.5. The maximum absolute atomic E-state index is 12.0. The molecule has 85 valence electrons. The van der Waals surface area contributed by atoms with Gasteiger partial charge in [-0.05, 0) is 0 Å². The summed E-state index contributed by atoms with van der Waals surface area (Å²) in [6, 6.07) is 1.36. The number of alkyl halides is 6. The fourth-order valence-corrected chi connectivity index (χ4v) is 0.731. The molecule has 0 aliphatic carbocycles. The Kier molecular flexibility index (Phi) is 2.58. The molecule has 0 fully saturated rings. The highest BCUT2D eigenvalue weighted by Crippen LogP contribution is 2.31. The lowest BCUT2D eigenvalue weighted by Gasteiger charge is -2.06. The van der Waals surface area contributed by atoms with Crippen LogP contribution in [0, 0.1) is 6.07 Å². The first-order valence-corrected chi connectivity index (χ1v) is 3.39. The lowest BCUT2D eigenvalue weighted by molar-refractivity contribution is -0.277. The minimum atomic E-state index is -5.08. The van der Waals surface area contributed by atoms with Gasteiger partial charge in [0.05, 0.1) is 6.07 Å². The molecule has 0 unspecified atom stereocenters. The van der Waals surface area contributed by atoms with E-state index in [0.717, 1.165) is 7.05 Å². The molecule has 0 aliphatic rings. The van der Waals surface area contributed by atoms with E-state index in [1.54, 1.807) is 0 Å². The van der Waals surface area contributed by atoms with E-state index in [-0.39, 0.29) is 0 Å². The van der Waals surface area contributed by atoms with Crippen molar-refractivity contribution in [2.45, 2.75) is 12.5 Å². The summed E-state index contributed by atoms with van der Waals surface area (Å²) in [7, 11) is 0.882. The number of hydrogen-bond acceptors (Lipinski definition) is 2. The standard InChI is InChI=1S/C6H3F6N2O/c1-14-4(15-6(10,11)12)2-3(13-14)5(7,8)9/h1H3. The van der Waals surface area contributed by atoms with Gasteiger partial charge in [0.15, 0.2) is 5.69 Å². The van der Waals surface area contributed by atoms with E-state index in [1.807, 2.05) is 0 Å². The van der Waals surface area contributed by atoms with Crippen LogP contribution < -0.4 is 4.74 Å². The monoisotopic (exact) mass is 233 g/mol. The van der Waals surface area contributed by atoms with Gasteiger partial charge in [-0.2, -0.15) is 18.3 Å². The van der Waals surface area contributed by atoms with Crippen molar-refractivity contribution in [3.05, 3.63) is 11.8 Å². The van der Waals surface area contributed by atoms with Crippen molar-refractivity contribution in [3.63, 3.8) is 0 Å². The van der Waals surface area contributed by atoms with Gasteiger partial charge in [-0.1, -0.05) is 0 Å². The molecular formula is C6H3F6N2O. The lowest BCUT2D eigenvalue weighted by atomic mass is 10.4. The molecule has 1 aromatic rings. The third-order valence-electron chi connectivity index (χ3n) is 1.25. The highest BCUT2D eigenvalue weighted by molar-refractivity contribution is 5.16. The van der Waals surface area contributed by atoms with Crippen LogP contribution in [0.5, 0.6) is 5.88 Å². The molecule has 1 heterocycles. The van der Waals surface area contributed by atoms with Crippen LogP contribution in [0.2, 0.25) is 0 Å². The maximum Gasteiger partial charge on any atom is 0.574 e. The van der Waals surface area contributed by atoms with Crippen LogP contribution >= 0.6 is 0 Å². The van der Waals surface area contributed by atoms with E-state index in [0.29, 0.717) is 4.68 Å². The average molecular weight is 233 g/mol. The summed E-state index contributed by atoms with van der Waals surface area (Å²) >= 11 is 0. The van der Waals surface area contributed by atoms with Crippen LogP contribution in [0.3, 0.4) is 0 Å². The Morgan fingerprint density at radius 1 is 1.20 bits per heavy atom. The third-order valence-corrected chi connectivity index (χ3v) is 1.25. The fraction of sp³-hybridized carbons (Fsp3) is 0.500. The number of hydrogen-bond donors (Lipinski definition) is 0. The maximum atomic E-state index is 12.0. The largest absolute Gasteiger partial charge is 0.574 e. The third kappa shape index (κ3) is 3.03. The zero-order valence-corrected chi connectivity index (χ0v) is 7.07. The highest BCUT2D eigenvalue weighted by Gasteiger charge is 2.38. The lowest BCUT2D eigenvalue weighted by Crippen LogP contribution is -2.18. The molecule has 1 aromatic heterocycles. The van der Waals surface area contributed by atoms with E-state index in [4.69, 9.17) is 0 Å². The van der Waals surface area contributed by atoms with Gasteiger partial charge in [0.25, 0.3) is 0 Å². The Hall–Kier alpha value is -1.41. The molecule has 15 heavy (non-hydrogen) atoms. The summed E-state index contributed by atoms with van der Waals surface area (Å²) in [5.41, 5.74) is -1.57. The minimum Gasteiger partial charge on any atom is -0.387 e. The Morgan fingerprint density at radius 3 is 2.07 bits per heavy atom. The molecule has 0 N–H and O–H groups in total.